The van der Waals surface area contributed by atoms with Crippen LogP contribution in [-0.4, -0.2) is 21.5 Å². The largest absolute Gasteiger partial charge is 0.370 e. The van der Waals surface area contributed by atoms with Gasteiger partial charge in [0, 0.05) is 37.1 Å². The number of hydrogen-bond donors (Lipinski definition) is 1. The smallest absolute Gasteiger partial charge is 0.135 e. The molecule has 2 aromatic heterocycles. The normalized spacial score (nSPS) is 10.8. The lowest BCUT2D eigenvalue weighted by atomic mass is 10.1. The Morgan fingerprint density at radius 1 is 1.15 bits per heavy atom. The lowest BCUT2D eigenvalue weighted by Crippen LogP contribution is -2.08. The van der Waals surface area contributed by atoms with Crippen molar-refractivity contribution in [3.63, 3.8) is 0 Å². The molecule has 0 saturated carbocycles. The number of anilines is 1. The first-order chi connectivity index (χ1) is 9.67. The Morgan fingerprint density at radius 3 is 2.55 bits per heavy atom. The van der Waals surface area contributed by atoms with Crippen molar-refractivity contribution in [3.8, 4) is 0 Å². The zero-order valence-electron chi connectivity index (χ0n) is 12.4. The molecule has 0 aliphatic heterocycles. The fraction of sp³-hybridized carbons (Fsp3) is 0.438. The number of aromatic nitrogens is 3. The maximum Gasteiger partial charge on any atom is 0.135 e. The average molecular weight is 270 g/mol. The van der Waals surface area contributed by atoms with Crippen LogP contribution in [0.1, 0.15) is 37.9 Å². The van der Waals surface area contributed by atoms with Crippen molar-refractivity contribution in [1.82, 2.24) is 15.0 Å². The van der Waals surface area contributed by atoms with E-state index >= 15 is 0 Å². The number of nitrogens with one attached hydrogen (secondary N) is 1. The Bertz CT molecular complexity index is 537. The van der Waals surface area contributed by atoms with E-state index in [1.165, 1.54) is 5.56 Å². The Labute approximate surface area is 120 Å². The monoisotopic (exact) mass is 270 g/mol. The maximum atomic E-state index is 4.68. The molecule has 0 spiro atoms. The summed E-state index contributed by atoms with van der Waals surface area (Å²) in [6, 6.07) is 6.07. The highest BCUT2D eigenvalue weighted by Crippen LogP contribution is 2.13. The van der Waals surface area contributed by atoms with E-state index in [1.807, 2.05) is 12.1 Å². The van der Waals surface area contributed by atoms with Gasteiger partial charge in [0.25, 0.3) is 0 Å². The molecule has 0 radical (unpaired) electrons. The Kier molecular flexibility index (Phi) is 5.04. The molecular weight excluding hydrogens is 248 g/mol. The lowest BCUT2D eigenvalue weighted by Gasteiger charge is -2.10. The topological polar surface area (TPSA) is 50.7 Å². The third kappa shape index (κ3) is 4.30. The lowest BCUT2D eigenvalue weighted by molar-refractivity contribution is 0.631. The molecule has 4 heteroatoms. The van der Waals surface area contributed by atoms with E-state index in [0.717, 1.165) is 36.7 Å². The van der Waals surface area contributed by atoms with Crippen molar-refractivity contribution in [1.29, 1.82) is 0 Å². The summed E-state index contributed by atoms with van der Waals surface area (Å²) >= 11 is 0. The highest BCUT2D eigenvalue weighted by atomic mass is 15.0. The van der Waals surface area contributed by atoms with E-state index in [-0.39, 0.29) is 0 Å². The summed E-state index contributed by atoms with van der Waals surface area (Å²) in [5.74, 6) is 2.38. The van der Waals surface area contributed by atoms with E-state index < -0.39 is 0 Å². The second-order valence-corrected chi connectivity index (χ2v) is 5.32. The number of rotatable bonds is 6. The summed E-state index contributed by atoms with van der Waals surface area (Å²) in [7, 11) is 0. The maximum absolute atomic E-state index is 4.68. The standard InChI is InChI=1S/C16H22N4/c1-4-18-15-11-14(9-12(2)3)19-16(20-15)10-13-5-7-17-8-6-13/h5-8,11-12H,4,9-10H2,1-3H3,(H,18,19,20). The minimum atomic E-state index is 0.591. The van der Waals surface area contributed by atoms with Gasteiger partial charge in [-0.25, -0.2) is 9.97 Å². The van der Waals surface area contributed by atoms with Crippen LogP contribution in [0, 0.1) is 5.92 Å². The second-order valence-electron chi connectivity index (χ2n) is 5.32. The first-order valence-corrected chi connectivity index (χ1v) is 7.17. The van der Waals surface area contributed by atoms with Gasteiger partial charge in [0.05, 0.1) is 0 Å². The Balaban J connectivity index is 2.24. The Hall–Kier alpha value is -1.97. The molecule has 0 bridgehead atoms. The molecule has 2 aromatic rings. The molecule has 0 unspecified atom stereocenters. The molecule has 0 amide bonds. The van der Waals surface area contributed by atoms with Crippen LogP contribution in [0.5, 0.6) is 0 Å². The van der Waals surface area contributed by atoms with E-state index in [9.17, 15) is 0 Å². The van der Waals surface area contributed by atoms with Crippen molar-refractivity contribution in [2.45, 2.75) is 33.6 Å². The van der Waals surface area contributed by atoms with Crippen LogP contribution >= 0.6 is 0 Å². The summed E-state index contributed by atoms with van der Waals surface area (Å²) in [5.41, 5.74) is 2.29. The van der Waals surface area contributed by atoms with Crippen molar-refractivity contribution in [3.05, 3.63) is 47.7 Å². The third-order valence-electron chi connectivity index (χ3n) is 2.91. The first-order valence-electron chi connectivity index (χ1n) is 7.17. The quantitative estimate of drug-likeness (QED) is 0.876. The van der Waals surface area contributed by atoms with Crippen LogP contribution in [0.15, 0.2) is 30.6 Å². The minimum Gasteiger partial charge on any atom is -0.370 e. The molecule has 2 rings (SSSR count). The fourth-order valence-corrected chi connectivity index (χ4v) is 2.11. The molecule has 106 valence electrons. The molecule has 4 nitrogen and oxygen atoms in total. The second kappa shape index (κ2) is 6.98. The predicted octanol–water partition coefficient (Wildman–Crippen LogP) is 3.09. The van der Waals surface area contributed by atoms with Gasteiger partial charge >= 0.3 is 0 Å². The molecule has 0 saturated heterocycles. The van der Waals surface area contributed by atoms with Crippen LogP contribution in [-0.2, 0) is 12.8 Å². The van der Waals surface area contributed by atoms with Gasteiger partial charge in [0.2, 0.25) is 0 Å². The van der Waals surface area contributed by atoms with E-state index in [2.05, 4.69) is 47.1 Å². The SMILES string of the molecule is CCNc1cc(CC(C)C)nc(Cc2ccncc2)n1. The molecule has 20 heavy (non-hydrogen) atoms. The highest BCUT2D eigenvalue weighted by Gasteiger charge is 2.07. The summed E-state index contributed by atoms with van der Waals surface area (Å²) in [5, 5.41) is 3.28. The van der Waals surface area contributed by atoms with Crippen LogP contribution in [0.25, 0.3) is 0 Å². The third-order valence-corrected chi connectivity index (χ3v) is 2.91. The summed E-state index contributed by atoms with van der Waals surface area (Å²) in [6.07, 6.45) is 5.33. The number of nitrogens with zero attached hydrogens (tertiary/aromatic N) is 3. The van der Waals surface area contributed by atoms with Crippen LogP contribution < -0.4 is 5.32 Å². The Morgan fingerprint density at radius 2 is 1.90 bits per heavy atom. The molecule has 0 atom stereocenters. The number of pyridine rings is 1. The fourth-order valence-electron chi connectivity index (χ4n) is 2.11. The van der Waals surface area contributed by atoms with E-state index in [4.69, 9.17) is 0 Å². The van der Waals surface area contributed by atoms with Gasteiger partial charge < -0.3 is 5.32 Å². The molecule has 0 aliphatic rings. The van der Waals surface area contributed by atoms with Gasteiger partial charge in [-0.05, 0) is 37.0 Å². The zero-order valence-corrected chi connectivity index (χ0v) is 12.4. The molecular formula is C16H22N4. The summed E-state index contributed by atoms with van der Waals surface area (Å²) in [6.45, 7) is 7.36. The van der Waals surface area contributed by atoms with Gasteiger partial charge in [-0.3, -0.25) is 4.98 Å². The number of hydrogen-bond acceptors (Lipinski definition) is 4. The minimum absolute atomic E-state index is 0.591. The van der Waals surface area contributed by atoms with Crippen LogP contribution in [0.4, 0.5) is 5.82 Å². The molecule has 2 heterocycles. The van der Waals surface area contributed by atoms with E-state index in [0.29, 0.717) is 5.92 Å². The van der Waals surface area contributed by atoms with E-state index in [1.54, 1.807) is 12.4 Å². The zero-order chi connectivity index (χ0) is 14.4. The van der Waals surface area contributed by atoms with Crippen molar-refractivity contribution >= 4 is 5.82 Å². The molecule has 0 fully saturated rings. The van der Waals surface area contributed by atoms with Crippen molar-refractivity contribution < 1.29 is 0 Å². The van der Waals surface area contributed by atoms with Gasteiger partial charge in [-0.2, -0.15) is 0 Å². The van der Waals surface area contributed by atoms with Gasteiger partial charge in [0.1, 0.15) is 11.6 Å². The van der Waals surface area contributed by atoms with Gasteiger partial charge in [0.15, 0.2) is 0 Å². The van der Waals surface area contributed by atoms with Gasteiger partial charge in [-0.15, -0.1) is 0 Å². The first kappa shape index (κ1) is 14.4. The summed E-state index contributed by atoms with van der Waals surface area (Å²) < 4.78 is 0. The highest BCUT2D eigenvalue weighted by molar-refractivity contribution is 5.36. The molecule has 0 aliphatic carbocycles. The van der Waals surface area contributed by atoms with Gasteiger partial charge in [-0.1, -0.05) is 13.8 Å². The predicted molar refractivity (Wildman–Crippen MR) is 81.8 cm³/mol. The van der Waals surface area contributed by atoms with Crippen molar-refractivity contribution in [2.24, 2.45) is 5.92 Å². The van der Waals surface area contributed by atoms with Crippen LogP contribution in [0.3, 0.4) is 0 Å². The van der Waals surface area contributed by atoms with Crippen LogP contribution in [0.2, 0.25) is 0 Å². The average Bonchev–Trinajstić information content (AvgIpc) is 2.39. The summed E-state index contributed by atoms with van der Waals surface area (Å²) in [4.78, 5) is 13.3. The molecule has 0 aromatic carbocycles. The van der Waals surface area contributed by atoms with Crippen molar-refractivity contribution in [2.75, 3.05) is 11.9 Å². The molecule has 1 N–H and O–H groups in total.